The van der Waals surface area contributed by atoms with E-state index in [9.17, 15) is 4.79 Å². The lowest BCUT2D eigenvalue weighted by atomic mass is 9.70. The monoisotopic (exact) mass is 283 g/mol. The lowest BCUT2D eigenvalue weighted by Crippen LogP contribution is -2.43. The standard InChI is InChI=1S/C14H18ClNO3/c15-11-4-2-1-3-10(11)14(5-7-19-8-6-14)9-12(16)13(17)18/h1-4,12H,5-9,16H2,(H,17,18). The highest BCUT2D eigenvalue weighted by molar-refractivity contribution is 6.31. The summed E-state index contributed by atoms with van der Waals surface area (Å²) in [6, 6.07) is 6.71. The van der Waals surface area contributed by atoms with Crippen LogP contribution in [-0.4, -0.2) is 30.3 Å². The number of hydrogen-bond acceptors (Lipinski definition) is 3. The number of carboxylic acid groups (broad SMARTS) is 1. The maximum atomic E-state index is 11.0. The summed E-state index contributed by atoms with van der Waals surface area (Å²) in [5, 5.41) is 9.72. The highest BCUT2D eigenvalue weighted by Crippen LogP contribution is 2.41. The molecular formula is C14H18ClNO3. The number of rotatable bonds is 4. The van der Waals surface area contributed by atoms with Gasteiger partial charge >= 0.3 is 5.97 Å². The quantitative estimate of drug-likeness (QED) is 0.888. The minimum absolute atomic E-state index is 0.297. The number of carbonyl (C=O) groups is 1. The molecule has 0 aliphatic carbocycles. The molecule has 1 heterocycles. The first-order chi connectivity index (χ1) is 9.05. The fourth-order valence-corrected chi connectivity index (χ4v) is 3.08. The van der Waals surface area contributed by atoms with E-state index >= 15 is 0 Å². The van der Waals surface area contributed by atoms with Crippen molar-refractivity contribution in [1.29, 1.82) is 0 Å². The largest absolute Gasteiger partial charge is 0.480 e. The zero-order chi connectivity index (χ0) is 13.9. The summed E-state index contributed by atoms with van der Waals surface area (Å²) in [5.74, 6) is -0.974. The first-order valence-electron chi connectivity index (χ1n) is 6.36. The first kappa shape index (κ1) is 14.3. The third-order valence-corrected chi connectivity index (χ3v) is 4.15. The summed E-state index contributed by atoms with van der Waals surface area (Å²) in [5.41, 5.74) is 6.42. The first-order valence-corrected chi connectivity index (χ1v) is 6.74. The molecule has 104 valence electrons. The Morgan fingerprint density at radius 3 is 2.63 bits per heavy atom. The molecule has 2 rings (SSSR count). The summed E-state index contributed by atoms with van der Waals surface area (Å²) in [7, 11) is 0. The lowest BCUT2D eigenvalue weighted by molar-refractivity contribution is -0.139. The molecule has 0 bridgehead atoms. The summed E-state index contributed by atoms with van der Waals surface area (Å²) < 4.78 is 5.40. The Balaban J connectivity index is 2.34. The number of nitrogens with two attached hydrogens (primary N) is 1. The van der Waals surface area contributed by atoms with Gasteiger partial charge in [-0.05, 0) is 30.9 Å². The van der Waals surface area contributed by atoms with Crippen molar-refractivity contribution in [3.8, 4) is 0 Å². The Bertz CT molecular complexity index is 458. The van der Waals surface area contributed by atoms with Crippen LogP contribution in [0.5, 0.6) is 0 Å². The highest BCUT2D eigenvalue weighted by atomic mass is 35.5. The van der Waals surface area contributed by atoms with E-state index in [-0.39, 0.29) is 5.41 Å². The minimum Gasteiger partial charge on any atom is -0.480 e. The van der Waals surface area contributed by atoms with Crippen molar-refractivity contribution in [2.24, 2.45) is 5.73 Å². The van der Waals surface area contributed by atoms with Crippen molar-refractivity contribution in [2.75, 3.05) is 13.2 Å². The van der Waals surface area contributed by atoms with Crippen LogP contribution in [0.15, 0.2) is 24.3 Å². The topological polar surface area (TPSA) is 72.5 Å². The third-order valence-electron chi connectivity index (χ3n) is 3.82. The van der Waals surface area contributed by atoms with Crippen LogP contribution in [0.1, 0.15) is 24.8 Å². The number of halogens is 1. The predicted molar refractivity (Wildman–Crippen MR) is 73.4 cm³/mol. The van der Waals surface area contributed by atoms with Crippen LogP contribution >= 0.6 is 11.6 Å². The van der Waals surface area contributed by atoms with Gasteiger partial charge in [0.15, 0.2) is 0 Å². The Kier molecular flexibility index (Phi) is 4.45. The second-order valence-electron chi connectivity index (χ2n) is 5.02. The Labute approximate surface area is 117 Å². The van der Waals surface area contributed by atoms with Crippen LogP contribution in [0.2, 0.25) is 5.02 Å². The number of benzene rings is 1. The van der Waals surface area contributed by atoms with Gasteiger partial charge in [-0.25, -0.2) is 0 Å². The van der Waals surface area contributed by atoms with Crippen molar-refractivity contribution in [3.63, 3.8) is 0 Å². The van der Waals surface area contributed by atoms with Gasteiger partial charge in [-0.15, -0.1) is 0 Å². The molecule has 0 radical (unpaired) electrons. The van der Waals surface area contributed by atoms with E-state index in [4.69, 9.17) is 27.2 Å². The second-order valence-corrected chi connectivity index (χ2v) is 5.43. The zero-order valence-electron chi connectivity index (χ0n) is 10.6. The number of hydrogen-bond donors (Lipinski definition) is 2. The predicted octanol–water partition coefficient (Wildman–Crippen LogP) is 2.19. The van der Waals surface area contributed by atoms with E-state index in [0.29, 0.717) is 24.7 Å². The molecular weight excluding hydrogens is 266 g/mol. The highest BCUT2D eigenvalue weighted by Gasteiger charge is 2.38. The molecule has 1 unspecified atom stereocenters. The summed E-state index contributed by atoms with van der Waals surface area (Å²) in [6.45, 7) is 1.22. The Morgan fingerprint density at radius 1 is 1.42 bits per heavy atom. The molecule has 1 fully saturated rings. The average Bonchev–Trinajstić information content (AvgIpc) is 2.40. The van der Waals surface area contributed by atoms with Gasteiger partial charge in [-0.3, -0.25) is 4.79 Å². The molecule has 0 spiro atoms. The van der Waals surface area contributed by atoms with Crippen molar-refractivity contribution >= 4 is 17.6 Å². The summed E-state index contributed by atoms with van der Waals surface area (Å²) in [6.07, 6.45) is 1.88. The normalized spacial score (nSPS) is 19.9. The molecule has 0 amide bonds. The molecule has 1 aromatic rings. The molecule has 0 aromatic heterocycles. The third kappa shape index (κ3) is 3.08. The summed E-state index contributed by atoms with van der Waals surface area (Å²) >= 11 is 6.28. The van der Waals surface area contributed by atoms with E-state index in [1.54, 1.807) is 0 Å². The van der Waals surface area contributed by atoms with E-state index in [1.165, 1.54) is 0 Å². The number of aliphatic carboxylic acids is 1. The molecule has 1 saturated heterocycles. The number of carboxylic acids is 1. The van der Waals surface area contributed by atoms with Crippen LogP contribution in [-0.2, 0) is 14.9 Å². The fraction of sp³-hybridized carbons (Fsp3) is 0.500. The maximum Gasteiger partial charge on any atom is 0.320 e. The van der Waals surface area contributed by atoms with Crippen molar-refractivity contribution in [3.05, 3.63) is 34.9 Å². The minimum atomic E-state index is -0.974. The van der Waals surface area contributed by atoms with E-state index in [2.05, 4.69) is 0 Å². The van der Waals surface area contributed by atoms with E-state index in [1.807, 2.05) is 24.3 Å². The van der Waals surface area contributed by atoms with Gasteiger partial charge in [0.25, 0.3) is 0 Å². The van der Waals surface area contributed by atoms with Crippen molar-refractivity contribution in [2.45, 2.75) is 30.7 Å². The summed E-state index contributed by atoms with van der Waals surface area (Å²) in [4.78, 5) is 11.0. The van der Waals surface area contributed by atoms with Crippen LogP contribution in [0.4, 0.5) is 0 Å². The van der Waals surface area contributed by atoms with Gasteiger partial charge in [0.1, 0.15) is 6.04 Å². The molecule has 4 nitrogen and oxygen atoms in total. The maximum absolute atomic E-state index is 11.0. The van der Waals surface area contributed by atoms with E-state index < -0.39 is 12.0 Å². The van der Waals surface area contributed by atoms with Crippen LogP contribution in [0.3, 0.4) is 0 Å². The number of ether oxygens (including phenoxy) is 1. The molecule has 1 atom stereocenters. The van der Waals surface area contributed by atoms with Crippen LogP contribution in [0.25, 0.3) is 0 Å². The van der Waals surface area contributed by atoms with Gasteiger partial charge in [0, 0.05) is 23.7 Å². The fourth-order valence-electron chi connectivity index (χ4n) is 2.75. The van der Waals surface area contributed by atoms with Gasteiger partial charge in [0.2, 0.25) is 0 Å². The SMILES string of the molecule is NC(CC1(c2ccccc2Cl)CCOCC1)C(=O)O. The molecule has 1 aliphatic rings. The zero-order valence-corrected chi connectivity index (χ0v) is 11.4. The van der Waals surface area contributed by atoms with Gasteiger partial charge in [-0.2, -0.15) is 0 Å². The van der Waals surface area contributed by atoms with Crippen LogP contribution in [0, 0.1) is 0 Å². The van der Waals surface area contributed by atoms with Gasteiger partial charge < -0.3 is 15.6 Å². The molecule has 19 heavy (non-hydrogen) atoms. The van der Waals surface area contributed by atoms with Gasteiger partial charge in [0.05, 0.1) is 0 Å². The van der Waals surface area contributed by atoms with E-state index in [0.717, 1.165) is 18.4 Å². The second kappa shape index (κ2) is 5.90. The average molecular weight is 284 g/mol. The molecule has 1 aromatic carbocycles. The molecule has 0 saturated carbocycles. The van der Waals surface area contributed by atoms with Crippen LogP contribution < -0.4 is 5.73 Å². The van der Waals surface area contributed by atoms with Crippen molar-refractivity contribution in [1.82, 2.24) is 0 Å². The molecule has 1 aliphatic heterocycles. The lowest BCUT2D eigenvalue weighted by Gasteiger charge is -2.39. The van der Waals surface area contributed by atoms with Gasteiger partial charge in [-0.1, -0.05) is 29.8 Å². The molecule has 5 heteroatoms. The van der Waals surface area contributed by atoms with Crippen molar-refractivity contribution < 1.29 is 14.6 Å². The Morgan fingerprint density at radius 2 is 2.05 bits per heavy atom. The Hall–Kier alpha value is -1.10. The molecule has 3 N–H and O–H groups in total. The smallest absolute Gasteiger partial charge is 0.320 e.